The maximum absolute atomic E-state index is 10.9. The zero-order valence-corrected chi connectivity index (χ0v) is 10.1. The zero-order chi connectivity index (χ0) is 11.0. The van der Waals surface area contributed by atoms with Gasteiger partial charge in [-0.05, 0) is 7.05 Å². The summed E-state index contributed by atoms with van der Waals surface area (Å²) in [6.45, 7) is 2.42. The molecule has 0 unspecified atom stereocenters. The number of ether oxygens (including phenoxy) is 1. The molecule has 0 saturated carbocycles. The second kappa shape index (κ2) is 7.42. The highest BCUT2D eigenvalue weighted by molar-refractivity contribution is 7.90. The van der Waals surface area contributed by atoms with Crippen LogP contribution in [0.15, 0.2) is 0 Å². The molecule has 0 spiro atoms. The normalized spacial score (nSPS) is 12.3. The van der Waals surface area contributed by atoms with E-state index in [1.165, 1.54) is 0 Å². The molecule has 0 atom stereocenters. The topological polar surface area (TPSA) is 58.6 Å². The monoisotopic (exact) mass is 244 g/mol. The molecule has 0 amide bonds. The van der Waals surface area contributed by atoms with Gasteiger partial charge in [0.15, 0.2) is 0 Å². The van der Waals surface area contributed by atoms with E-state index in [2.05, 4.69) is 4.72 Å². The van der Waals surface area contributed by atoms with Gasteiger partial charge in [0.25, 0.3) is 0 Å². The van der Waals surface area contributed by atoms with Crippen molar-refractivity contribution in [2.24, 2.45) is 0 Å². The molecule has 0 aromatic heterocycles. The molecule has 0 aromatic rings. The molecular weight excluding hydrogens is 228 g/mol. The molecule has 86 valence electrons. The average molecular weight is 245 g/mol. The lowest BCUT2D eigenvalue weighted by molar-refractivity contribution is 0.162. The van der Waals surface area contributed by atoms with Gasteiger partial charge in [0.05, 0.1) is 6.61 Å². The van der Waals surface area contributed by atoms with Crippen LogP contribution in [0.3, 0.4) is 0 Å². The van der Waals surface area contributed by atoms with Crippen LogP contribution in [0.4, 0.5) is 0 Å². The Bertz CT molecular complexity index is 233. The van der Waals surface area contributed by atoms with E-state index >= 15 is 0 Å². The van der Waals surface area contributed by atoms with Gasteiger partial charge in [-0.15, -0.1) is 11.6 Å². The number of likely N-dealkylation sites (N-methyl/N-ethyl adjacent to an activating group) is 1. The van der Waals surface area contributed by atoms with Crippen LogP contribution >= 0.6 is 11.6 Å². The molecule has 7 heteroatoms. The van der Waals surface area contributed by atoms with Crippen LogP contribution in [0.5, 0.6) is 0 Å². The van der Waals surface area contributed by atoms with E-state index in [4.69, 9.17) is 16.3 Å². The minimum atomic E-state index is -3.28. The maximum Gasteiger partial charge on any atom is 0.225 e. The lowest BCUT2D eigenvalue weighted by atomic mass is 10.5. The van der Waals surface area contributed by atoms with E-state index in [0.29, 0.717) is 19.7 Å². The Hall–Kier alpha value is 0.120. The van der Waals surface area contributed by atoms with E-state index in [0.717, 1.165) is 6.54 Å². The van der Waals surface area contributed by atoms with Crippen molar-refractivity contribution in [2.75, 3.05) is 45.6 Å². The number of halogens is 1. The highest BCUT2D eigenvalue weighted by Crippen LogP contribution is 1.88. The van der Waals surface area contributed by atoms with Crippen molar-refractivity contribution in [3.63, 3.8) is 0 Å². The zero-order valence-electron chi connectivity index (χ0n) is 8.49. The van der Waals surface area contributed by atoms with E-state index in [1.807, 2.05) is 11.9 Å². The first-order chi connectivity index (χ1) is 6.52. The minimum absolute atomic E-state index is 0.370. The van der Waals surface area contributed by atoms with Crippen molar-refractivity contribution >= 4 is 21.6 Å². The molecule has 0 saturated heterocycles. The molecule has 0 fully saturated rings. The third kappa shape index (κ3) is 7.52. The quantitative estimate of drug-likeness (QED) is 0.595. The fraction of sp³-hybridized carbons (Fsp3) is 1.00. The molecule has 5 nitrogen and oxygen atoms in total. The summed E-state index contributed by atoms with van der Waals surface area (Å²) in [5, 5.41) is -0.394. The van der Waals surface area contributed by atoms with E-state index in [1.54, 1.807) is 7.11 Å². The fourth-order valence-electron chi connectivity index (χ4n) is 0.790. The SMILES string of the molecule is COCCN(C)CCNS(=O)(=O)CCl. The number of rotatable bonds is 8. The Morgan fingerprint density at radius 1 is 1.43 bits per heavy atom. The summed E-state index contributed by atoms with van der Waals surface area (Å²) >= 11 is 5.21. The van der Waals surface area contributed by atoms with Crippen LogP contribution < -0.4 is 4.72 Å². The smallest absolute Gasteiger partial charge is 0.225 e. The summed E-state index contributed by atoms with van der Waals surface area (Å²) < 4.78 is 29.1. The fourth-order valence-corrected chi connectivity index (χ4v) is 1.50. The van der Waals surface area contributed by atoms with Crippen molar-refractivity contribution in [1.82, 2.24) is 9.62 Å². The Kier molecular flexibility index (Phi) is 7.48. The number of sulfonamides is 1. The third-order valence-corrected chi connectivity index (χ3v) is 3.43. The number of methoxy groups -OCH3 is 1. The molecule has 0 bridgehead atoms. The number of nitrogens with zero attached hydrogens (tertiary/aromatic N) is 1. The van der Waals surface area contributed by atoms with Crippen molar-refractivity contribution in [3.8, 4) is 0 Å². The van der Waals surface area contributed by atoms with E-state index in [-0.39, 0.29) is 0 Å². The second-order valence-electron chi connectivity index (χ2n) is 2.91. The average Bonchev–Trinajstić information content (AvgIpc) is 2.14. The van der Waals surface area contributed by atoms with Gasteiger partial charge in [0.1, 0.15) is 5.21 Å². The number of hydrogen-bond acceptors (Lipinski definition) is 4. The summed E-state index contributed by atoms with van der Waals surface area (Å²) in [5.41, 5.74) is 0. The number of nitrogens with one attached hydrogen (secondary N) is 1. The summed E-state index contributed by atoms with van der Waals surface area (Å²) in [6.07, 6.45) is 0. The van der Waals surface area contributed by atoms with Gasteiger partial charge >= 0.3 is 0 Å². The van der Waals surface area contributed by atoms with Crippen molar-refractivity contribution in [1.29, 1.82) is 0 Å². The minimum Gasteiger partial charge on any atom is -0.383 e. The molecule has 14 heavy (non-hydrogen) atoms. The summed E-state index contributed by atoms with van der Waals surface area (Å²) in [6, 6.07) is 0. The Balaban J connectivity index is 3.54. The Labute approximate surface area is 90.4 Å². The number of hydrogen-bond donors (Lipinski definition) is 1. The largest absolute Gasteiger partial charge is 0.383 e. The molecule has 0 aliphatic rings. The maximum atomic E-state index is 10.9. The molecule has 0 rings (SSSR count). The van der Waals surface area contributed by atoms with Crippen LogP contribution in [0.1, 0.15) is 0 Å². The molecule has 0 aliphatic heterocycles. The van der Waals surface area contributed by atoms with Crippen LogP contribution in [0.25, 0.3) is 0 Å². The molecular formula is C7H17ClN2O3S. The van der Waals surface area contributed by atoms with Gasteiger partial charge in [0, 0.05) is 26.7 Å². The molecule has 0 aromatic carbocycles. The first-order valence-electron chi connectivity index (χ1n) is 4.22. The molecule has 0 heterocycles. The van der Waals surface area contributed by atoms with Gasteiger partial charge in [-0.1, -0.05) is 0 Å². The van der Waals surface area contributed by atoms with Crippen molar-refractivity contribution < 1.29 is 13.2 Å². The van der Waals surface area contributed by atoms with Crippen LogP contribution in [0, 0.1) is 0 Å². The van der Waals surface area contributed by atoms with Crippen LogP contribution in [0.2, 0.25) is 0 Å². The predicted octanol–water partition coefficient (Wildman–Crippen LogP) is -0.320. The van der Waals surface area contributed by atoms with Gasteiger partial charge in [0.2, 0.25) is 10.0 Å². The van der Waals surface area contributed by atoms with Gasteiger partial charge in [-0.3, -0.25) is 0 Å². The van der Waals surface area contributed by atoms with Crippen molar-refractivity contribution in [2.45, 2.75) is 0 Å². The van der Waals surface area contributed by atoms with Crippen molar-refractivity contribution in [3.05, 3.63) is 0 Å². The summed E-state index contributed by atoms with van der Waals surface area (Å²) in [7, 11) is 0.248. The number of alkyl halides is 1. The lowest BCUT2D eigenvalue weighted by Crippen LogP contribution is -2.34. The van der Waals surface area contributed by atoms with E-state index in [9.17, 15) is 8.42 Å². The van der Waals surface area contributed by atoms with Gasteiger partial charge in [-0.25, -0.2) is 13.1 Å². The Morgan fingerprint density at radius 3 is 2.57 bits per heavy atom. The summed E-state index contributed by atoms with van der Waals surface area (Å²) in [4.78, 5) is 1.97. The van der Waals surface area contributed by atoms with Gasteiger partial charge < -0.3 is 9.64 Å². The predicted molar refractivity (Wildman–Crippen MR) is 57.0 cm³/mol. The third-order valence-electron chi connectivity index (χ3n) is 1.64. The summed E-state index contributed by atoms with van der Waals surface area (Å²) in [5.74, 6) is 0. The Morgan fingerprint density at radius 2 is 2.07 bits per heavy atom. The first kappa shape index (κ1) is 14.1. The highest BCUT2D eigenvalue weighted by Gasteiger charge is 2.06. The first-order valence-corrected chi connectivity index (χ1v) is 6.41. The lowest BCUT2D eigenvalue weighted by Gasteiger charge is -2.15. The van der Waals surface area contributed by atoms with Crippen LogP contribution in [-0.4, -0.2) is 58.9 Å². The van der Waals surface area contributed by atoms with Gasteiger partial charge in [-0.2, -0.15) is 0 Å². The highest BCUT2D eigenvalue weighted by atomic mass is 35.5. The molecule has 1 N–H and O–H groups in total. The second-order valence-corrected chi connectivity index (χ2v) is 5.31. The standard InChI is InChI=1S/C7H17ClN2O3S/c1-10(5-6-13-2)4-3-9-14(11,12)7-8/h9H,3-7H2,1-2H3. The van der Waals surface area contributed by atoms with E-state index < -0.39 is 15.2 Å². The molecule has 0 aliphatic carbocycles. The van der Waals surface area contributed by atoms with Crippen LogP contribution in [-0.2, 0) is 14.8 Å². The molecule has 0 radical (unpaired) electrons.